The zero-order chi connectivity index (χ0) is 15.6. The summed E-state index contributed by atoms with van der Waals surface area (Å²) in [7, 11) is -3.18. The summed E-state index contributed by atoms with van der Waals surface area (Å²) in [5, 5.41) is 0. The minimum Gasteiger partial charge on any atom is -0.369 e. The lowest BCUT2D eigenvalue weighted by molar-refractivity contribution is -0.133. The third-order valence-electron chi connectivity index (χ3n) is 4.09. The second-order valence-electron chi connectivity index (χ2n) is 5.67. The van der Waals surface area contributed by atoms with Crippen LogP contribution in [0.2, 0.25) is 0 Å². The maximum atomic E-state index is 12.2. The van der Waals surface area contributed by atoms with Gasteiger partial charge < -0.3 is 10.6 Å². The van der Waals surface area contributed by atoms with Crippen LogP contribution < -0.4 is 5.73 Å². The lowest BCUT2D eigenvalue weighted by Crippen LogP contribution is -2.52. The van der Waals surface area contributed by atoms with Crippen LogP contribution in [-0.2, 0) is 19.6 Å². The number of carbonyl (C=O) groups excluding carboxylic acids is 2. The van der Waals surface area contributed by atoms with Gasteiger partial charge >= 0.3 is 0 Å². The highest BCUT2D eigenvalue weighted by Gasteiger charge is 2.30. The van der Waals surface area contributed by atoms with Gasteiger partial charge in [-0.2, -0.15) is 4.31 Å². The Kier molecular flexibility index (Phi) is 4.84. The van der Waals surface area contributed by atoms with Crippen LogP contribution in [-0.4, -0.2) is 86.4 Å². The van der Waals surface area contributed by atoms with E-state index in [0.29, 0.717) is 45.7 Å². The monoisotopic (exact) mass is 318 g/mol. The molecule has 21 heavy (non-hydrogen) atoms. The van der Waals surface area contributed by atoms with Crippen molar-refractivity contribution < 1.29 is 18.0 Å². The van der Waals surface area contributed by atoms with Crippen molar-refractivity contribution in [1.29, 1.82) is 0 Å². The number of carbonyl (C=O) groups is 2. The zero-order valence-corrected chi connectivity index (χ0v) is 13.0. The first-order valence-corrected chi connectivity index (χ1v) is 8.87. The van der Waals surface area contributed by atoms with Gasteiger partial charge in [-0.3, -0.25) is 14.5 Å². The van der Waals surface area contributed by atoms with Crippen LogP contribution in [0.3, 0.4) is 0 Å². The number of sulfonamides is 1. The largest absolute Gasteiger partial charge is 0.369 e. The third kappa shape index (κ3) is 4.14. The van der Waals surface area contributed by atoms with E-state index in [1.807, 2.05) is 4.90 Å². The maximum absolute atomic E-state index is 12.2. The summed E-state index contributed by atoms with van der Waals surface area (Å²) in [6.07, 6.45) is 1.88. The number of hydrogen-bond donors (Lipinski definition) is 1. The molecule has 0 aromatic heterocycles. The Hall–Kier alpha value is -1.19. The summed E-state index contributed by atoms with van der Waals surface area (Å²) < 4.78 is 24.2. The third-order valence-corrected chi connectivity index (χ3v) is 5.40. The molecule has 2 amide bonds. The normalized spacial score (nSPS) is 25.2. The van der Waals surface area contributed by atoms with Crippen molar-refractivity contribution in [2.45, 2.75) is 6.42 Å². The summed E-state index contributed by atoms with van der Waals surface area (Å²) in [5.41, 5.74) is 5.27. The van der Waals surface area contributed by atoms with E-state index in [1.165, 1.54) is 10.6 Å². The first kappa shape index (κ1) is 16.2. The summed E-state index contributed by atoms with van der Waals surface area (Å²) in [5.74, 6) is -0.500. The Bertz CT molecular complexity index is 513. The highest BCUT2D eigenvalue weighted by Crippen LogP contribution is 2.16. The number of hydrogen-bond acceptors (Lipinski definition) is 5. The van der Waals surface area contributed by atoms with Crippen LogP contribution in [0.1, 0.15) is 6.42 Å². The Morgan fingerprint density at radius 2 is 1.76 bits per heavy atom. The molecule has 2 heterocycles. The molecule has 1 atom stereocenters. The molecular weight excluding hydrogens is 296 g/mol. The fourth-order valence-electron chi connectivity index (χ4n) is 2.77. The maximum Gasteiger partial charge on any atom is 0.236 e. The van der Waals surface area contributed by atoms with E-state index in [9.17, 15) is 18.0 Å². The van der Waals surface area contributed by atoms with Crippen LogP contribution >= 0.6 is 0 Å². The van der Waals surface area contributed by atoms with E-state index >= 15 is 0 Å². The van der Waals surface area contributed by atoms with E-state index in [4.69, 9.17) is 5.73 Å². The smallest absolute Gasteiger partial charge is 0.236 e. The molecule has 2 aliphatic heterocycles. The summed E-state index contributed by atoms with van der Waals surface area (Å²) >= 11 is 0. The zero-order valence-electron chi connectivity index (χ0n) is 12.2. The molecule has 8 nitrogen and oxygen atoms in total. The van der Waals surface area contributed by atoms with Crippen molar-refractivity contribution in [3.8, 4) is 0 Å². The predicted molar refractivity (Wildman–Crippen MR) is 76.7 cm³/mol. The van der Waals surface area contributed by atoms with Gasteiger partial charge in [0.25, 0.3) is 0 Å². The molecule has 2 saturated heterocycles. The Morgan fingerprint density at radius 1 is 1.14 bits per heavy atom. The van der Waals surface area contributed by atoms with Gasteiger partial charge in [0.1, 0.15) is 0 Å². The molecule has 1 unspecified atom stereocenters. The van der Waals surface area contributed by atoms with Gasteiger partial charge in [0, 0.05) is 32.7 Å². The molecule has 2 fully saturated rings. The average molecular weight is 318 g/mol. The number of piperazine rings is 1. The first-order valence-electron chi connectivity index (χ1n) is 7.02. The summed E-state index contributed by atoms with van der Waals surface area (Å²) in [6, 6.07) is 0. The molecule has 2 rings (SSSR count). The fraction of sp³-hybridized carbons (Fsp3) is 0.833. The predicted octanol–water partition coefficient (Wildman–Crippen LogP) is -2.10. The molecule has 0 bridgehead atoms. The second kappa shape index (κ2) is 6.29. The fourth-order valence-corrected chi connectivity index (χ4v) is 3.60. The van der Waals surface area contributed by atoms with Crippen LogP contribution in [0.4, 0.5) is 0 Å². The molecule has 0 spiro atoms. The molecule has 2 N–H and O–H groups in total. The second-order valence-corrected chi connectivity index (χ2v) is 7.65. The van der Waals surface area contributed by atoms with Gasteiger partial charge in [0.2, 0.25) is 21.8 Å². The van der Waals surface area contributed by atoms with E-state index < -0.39 is 10.0 Å². The molecule has 0 aliphatic carbocycles. The number of rotatable bonds is 4. The molecule has 0 aromatic rings. The van der Waals surface area contributed by atoms with E-state index in [2.05, 4.69) is 0 Å². The van der Waals surface area contributed by atoms with Gasteiger partial charge in [0.05, 0.1) is 18.7 Å². The topological polar surface area (TPSA) is 104 Å². The van der Waals surface area contributed by atoms with Gasteiger partial charge in [-0.25, -0.2) is 8.42 Å². The molecular formula is C12H22N4O4S. The van der Waals surface area contributed by atoms with Crippen molar-refractivity contribution in [2.75, 3.05) is 52.1 Å². The minimum absolute atomic E-state index is 0.0201. The van der Waals surface area contributed by atoms with Crippen molar-refractivity contribution in [1.82, 2.24) is 14.1 Å². The van der Waals surface area contributed by atoms with Crippen molar-refractivity contribution in [2.24, 2.45) is 11.7 Å². The molecule has 0 aromatic carbocycles. The SMILES string of the molecule is CS(=O)(=O)N1CCN(C(=O)CN2CCC(C(N)=O)C2)CC1. The van der Waals surface area contributed by atoms with Crippen LogP contribution in [0, 0.1) is 5.92 Å². The quantitative estimate of drug-likeness (QED) is 0.639. The number of primary amides is 1. The van der Waals surface area contributed by atoms with E-state index in [1.54, 1.807) is 4.90 Å². The minimum atomic E-state index is -3.18. The van der Waals surface area contributed by atoms with E-state index in [-0.39, 0.29) is 24.3 Å². The van der Waals surface area contributed by atoms with Crippen molar-refractivity contribution in [3.05, 3.63) is 0 Å². The number of nitrogens with zero attached hydrogens (tertiary/aromatic N) is 3. The number of nitrogens with two attached hydrogens (primary N) is 1. The van der Waals surface area contributed by atoms with Crippen LogP contribution in [0.25, 0.3) is 0 Å². The van der Waals surface area contributed by atoms with Gasteiger partial charge in [-0.05, 0) is 13.0 Å². The van der Waals surface area contributed by atoms with Crippen molar-refractivity contribution >= 4 is 21.8 Å². The molecule has 0 saturated carbocycles. The summed E-state index contributed by atoms with van der Waals surface area (Å²) in [4.78, 5) is 26.9. The Labute approximate surface area is 124 Å². The summed E-state index contributed by atoms with van der Waals surface area (Å²) in [6.45, 7) is 3.01. The molecule has 2 aliphatic rings. The van der Waals surface area contributed by atoms with E-state index in [0.717, 1.165) is 0 Å². The Balaban J connectivity index is 1.79. The van der Waals surface area contributed by atoms with Crippen LogP contribution in [0.15, 0.2) is 0 Å². The lowest BCUT2D eigenvalue weighted by atomic mass is 10.1. The molecule has 0 radical (unpaired) electrons. The lowest BCUT2D eigenvalue weighted by Gasteiger charge is -2.34. The standard InChI is InChI=1S/C12H22N4O4S/c1-21(19,20)16-6-4-15(5-7-16)11(17)9-14-3-2-10(8-14)12(13)18/h10H,2-9H2,1H3,(H2,13,18). The Morgan fingerprint density at radius 3 is 2.24 bits per heavy atom. The highest BCUT2D eigenvalue weighted by atomic mass is 32.2. The average Bonchev–Trinajstić information content (AvgIpc) is 2.86. The number of amides is 2. The van der Waals surface area contributed by atoms with Crippen molar-refractivity contribution in [3.63, 3.8) is 0 Å². The number of likely N-dealkylation sites (tertiary alicyclic amines) is 1. The van der Waals surface area contributed by atoms with Gasteiger partial charge in [0.15, 0.2) is 0 Å². The first-order chi connectivity index (χ1) is 9.77. The van der Waals surface area contributed by atoms with Crippen LogP contribution in [0.5, 0.6) is 0 Å². The highest BCUT2D eigenvalue weighted by molar-refractivity contribution is 7.88. The van der Waals surface area contributed by atoms with Gasteiger partial charge in [-0.1, -0.05) is 0 Å². The molecule has 9 heteroatoms. The van der Waals surface area contributed by atoms with Gasteiger partial charge in [-0.15, -0.1) is 0 Å². The molecule has 120 valence electrons.